The van der Waals surface area contributed by atoms with Crippen LogP contribution in [-0.2, 0) is 0 Å². The average Bonchev–Trinajstić information content (AvgIpc) is 4.14. The van der Waals surface area contributed by atoms with Crippen LogP contribution in [0.3, 0.4) is 0 Å². The fraction of sp³-hybridized carbons (Fsp3) is 0. The molecule has 3 aromatic heterocycles. The molecule has 0 spiro atoms. The van der Waals surface area contributed by atoms with Crippen molar-refractivity contribution in [3.63, 3.8) is 0 Å². The van der Waals surface area contributed by atoms with Crippen molar-refractivity contribution in [3.8, 4) is 11.1 Å². The van der Waals surface area contributed by atoms with E-state index in [4.69, 9.17) is 13.3 Å². The monoisotopic (exact) mass is 925 g/mol. The molecule has 0 saturated carbocycles. The number of hydrogen-bond donors (Lipinski definition) is 0. The first kappa shape index (κ1) is 41.2. The summed E-state index contributed by atoms with van der Waals surface area (Å²) < 4.78 is 19.3. The molecule has 0 fully saturated rings. The highest BCUT2D eigenvalue weighted by Crippen LogP contribution is 2.48. The highest BCUT2D eigenvalue weighted by Gasteiger charge is 2.24. The van der Waals surface area contributed by atoms with E-state index in [0.29, 0.717) is 0 Å². The summed E-state index contributed by atoms with van der Waals surface area (Å²) >= 11 is 0. The smallest absolute Gasteiger partial charge is 0.143 e. The van der Waals surface area contributed by atoms with Crippen LogP contribution in [0.5, 0.6) is 0 Å². The van der Waals surface area contributed by atoms with Gasteiger partial charge in [0.15, 0.2) is 0 Å². The van der Waals surface area contributed by atoms with Crippen LogP contribution in [0.1, 0.15) is 0 Å². The minimum Gasteiger partial charge on any atom is -0.456 e. The van der Waals surface area contributed by atoms with E-state index in [-0.39, 0.29) is 0 Å². The zero-order chi connectivity index (χ0) is 47.5. The molecular formula is C66H43N3O3. The van der Waals surface area contributed by atoms with E-state index < -0.39 is 0 Å². The first-order chi connectivity index (χ1) is 35.7. The van der Waals surface area contributed by atoms with Crippen molar-refractivity contribution >= 4 is 117 Å². The molecule has 0 N–H and O–H groups in total. The third kappa shape index (κ3) is 7.04. The predicted molar refractivity (Wildman–Crippen MR) is 298 cm³/mol. The summed E-state index contributed by atoms with van der Waals surface area (Å²) in [6, 6.07) is 91.8. The van der Waals surface area contributed by atoms with Crippen LogP contribution >= 0.6 is 0 Å². The first-order valence-corrected chi connectivity index (χ1v) is 24.2. The third-order valence-electron chi connectivity index (χ3n) is 13.8. The molecule has 0 amide bonds. The maximum Gasteiger partial charge on any atom is 0.143 e. The molecule has 0 aliphatic heterocycles. The molecule has 340 valence electrons. The Hall–Kier alpha value is -9.78. The normalized spacial score (nSPS) is 11.6. The van der Waals surface area contributed by atoms with Gasteiger partial charge in [0.1, 0.15) is 33.5 Å². The molecule has 0 atom stereocenters. The largest absolute Gasteiger partial charge is 0.456 e. The molecule has 6 heteroatoms. The molecule has 0 aliphatic carbocycles. The highest BCUT2D eigenvalue weighted by atomic mass is 16.3. The minimum atomic E-state index is 0.843. The van der Waals surface area contributed by atoms with Crippen molar-refractivity contribution in [1.29, 1.82) is 0 Å². The number of hydrogen-bond acceptors (Lipinski definition) is 6. The molecular weight excluding hydrogens is 883 g/mol. The van der Waals surface area contributed by atoms with Gasteiger partial charge in [-0.05, 0) is 127 Å². The Balaban J connectivity index is 1.01. The number of para-hydroxylation sites is 7. The van der Waals surface area contributed by atoms with E-state index in [1.165, 1.54) is 0 Å². The Morgan fingerprint density at radius 1 is 0.208 bits per heavy atom. The van der Waals surface area contributed by atoms with Gasteiger partial charge in [0.05, 0.1) is 17.1 Å². The summed E-state index contributed by atoms with van der Waals surface area (Å²) in [6.07, 6.45) is 0. The predicted octanol–water partition coefficient (Wildman–Crippen LogP) is 19.5. The Morgan fingerprint density at radius 2 is 0.556 bits per heavy atom. The van der Waals surface area contributed by atoms with E-state index in [9.17, 15) is 0 Å². The van der Waals surface area contributed by atoms with Crippen LogP contribution in [0.4, 0.5) is 51.2 Å². The number of anilines is 9. The topological polar surface area (TPSA) is 49.1 Å². The SMILES string of the molecule is c1ccc(N(c2ccc(-c3cccc4c3oc3ccccc34)cc2)c2cc(N(c3ccccc3)c3ccc4oc5ccccc5c4c3)cc(N(c3ccccc3)c3ccc4oc5ccccc5c4c3)c2)cc1. The van der Waals surface area contributed by atoms with E-state index >= 15 is 0 Å². The van der Waals surface area contributed by atoms with Crippen molar-refractivity contribution in [1.82, 2.24) is 0 Å². The van der Waals surface area contributed by atoms with Gasteiger partial charge in [0.2, 0.25) is 0 Å². The van der Waals surface area contributed by atoms with Crippen molar-refractivity contribution in [2.45, 2.75) is 0 Å². The van der Waals surface area contributed by atoms with Crippen molar-refractivity contribution in [2.24, 2.45) is 0 Å². The molecule has 0 unspecified atom stereocenters. The molecule has 72 heavy (non-hydrogen) atoms. The van der Waals surface area contributed by atoms with Crippen LogP contribution in [0, 0.1) is 0 Å². The second-order valence-corrected chi connectivity index (χ2v) is 18.1. The lowest BCUT2D eigenvalue weighted by Crippen LogP contribution is -2.16. The number of furan rings is 3. The molecule has 0 aliphatic rings. The van der Waals surface area contributed by atoms with Gasteiger partial charge in [0.25, 0.3) is 0 Å². The first-order valence-electron chi connectivity index (χ1n) is 24.2. The van der Waals surface area contributed by atoms with Gasteiger partial charge in [-0.1, -0.05) is 140 Å². The van der Waals surface area contributed by atoms with Gasteiger partial charge in [-0.2, -0.15) is 0 Å². The second-order valence-electron chi connectivity index (χ2n) is 18.1. The second kappa shape index (κ2) is 17.0. The minimum absolute atomic E-state index is 0.843. The van der Waals surface area contributed by atoms with E-state index in [0.717, 1.165) is 128 Å². The van der Waals surface area contributed by atoms with Crippen LogP contribution in [0.15, 0.2) is 274 Å². The number of nitrogens with zero attached hydrogens (tertiary/aromatic N) is 3. The standard InChI is InChI=1S/C66H43N3O3/c1-4-17-45(18-5-1)67(48-33-31-44(32-34-48)54-26-16-27-58-55-23-10-15-30-63(55)72-66(54)58)51-39-52(68(46-19-6-2-7-20-46)49-35-37-64-59(42-49)56-24-11-13-28-61(56)70-64)41-53(40-51)69(47-21-8-3-9-22-47)50-36-38-65-60(43-50)57-25-12-14-29-62(57)71-65/h1-43H. The quantitative estimate of drug-likeness (QED) is 0.136. The van der Waals surface area contributed by atoms with E-state index in [2.05, 4.69) is 239 Å². The Kier molecular flexibility index (Phi) is 9.74. The number of rotatable bonds is 10. The van der Waals surface area contributed by atoms with Gasteiger partial charge in [0, 0.05) is 72.0 Å². The lowest BCUT2D eigenvalue weighted by molar-refractivity contribution is 0.668. The van der Waals surface area contributed by atoms with E-state index in [1.807, 2.05) is 36.4 Å². The molecule has 11 aromatic carbocycles. The summed E-state index contributed by atoms with van der Waals surface area (Å²) in [5.41, 5.74) is 16.2. The van der Waals surface area contributed by atoms with Gasteiger partial charge >= 0.3 is 0 Å². The van der Waals surface area contributed by atoms with Gasteiger partial charge in [-0.15, -0.1) is 0 Å². The lowest BCUT2D eigenvalue weighted by atomic mass is 10.0. The average molecular weight is 926 g/mol. The zero-order valence-electron chi connectivity index (χ0n) is 38.9. The Labute approximate surface area is 415 Å². The molecule has 3 heterocycles. The Morgan fingerprint density at radius 3 is 1.03 bits per heavy atom. The van der Waals surface area contributed by atoms with Crippen molar-refractivity contribution < 1.29 is 13.3 Å². The summed E-state index contributed by atoms with van der Waals surface area (Å²) in [4.78, 5) is 7.05. The zero-order valence-corrected chi connectivity index (χ0v) is 38.9. The van der Waals surface area contributed by atoms with Crippen molar-refractivity contribution in [2.75, 3.05) is 14.7 Å². The lowest BCUT2D eigenvalue weighted by Gasteiger charge is -2.33. The number of benzene rings is 11. The summed E-state index contributed by atoms with van der Waals surface area (Å²) in [5, 5.41) is 6.47. The summed E-state index contributed by atoms with van der Waals surface area (Å²) in [7, 11) is 0. The molecule has 0 radical (unpaired) electrons. The van der Waals surface area contributed by atoms with Crippen LogP contribution in [-0.4, -0.2) is 0 Å². The molecule has 6 nitrogen and oxygen atoms in total. The van der Waals surface area contributed by atoms with Crippen LogP contribution in [0.2, 0.25) is 0 Å². The van der Waals surface area contributed by atoms with Crippen molar-refractivity contribution in [3.05, 3.63) is 261 Å². The number of fused-ring (bicyclic) bond motifs is 9. The van der Waals surface area contributed by atoms with Gasteiger partial charge < -0.3 is 28.0 Å². The third-order valence-corrected chi connectivity index (χ3v) is 13.8. The highest BCUT2D eigenvalue weighted by molar-refractivity contribution is 6.10. The molecule has 14 rings (SSSR count). The van der Waals surface area contributed by atoms with Gasteiger partial charge in [-0.25, -0.2) is 0 Å². The Bertz CT molecular complexity index is 4120. The molecule has 0 bridgehead atoms. The van der Waals surface area contributed by atoms with Crippen LogP contribution < -0.4 is 14.7 Å². The fourth-order valence-corrected chi connectivity index (χ4v) is 10.5. The van der Waals surface area contributed by atoms with E-state index in [1.54, 1.807) is 0 Å². The summed E-state index contributed by atoms with van der Waals surface area (Å²) in [6.45, 7) is 0. The summed E-state index contributed by atoms with van der Waals surface area (Å²) in [5.74, 6) is 0. The molecule has 14 aromatic rings. The van der Waals surface area contributed by atoms with Gasteiger partial charge in [-0.3, -0.25) is 0 Å². The maximum atomic E-state index is 6.52. The van der Waals surface area contributed by atoms with Crippen LogP contribution in [0.25, 0.3) is 76.9 Å². The maximum absolute atomic E-state index is 6.52. The molecule has 0 saturated heterocycles. The fourth-order valence-electron chi connectivity index (χ4n) is 10.5.